The van der Waals surface area contributed by atoms with Crippen molar-refractivity contribution in [2.45, 2.75) is 156 Å². The molecule has 4 aliphatic rings. The fraction of sp³-hybridized carbons (Fsp3) is 0.308. The van der Waals surface area contributed by atoms with Crippen molar-refractivity contribution in [1.29, 1.82) is 0 Å². The van der Waals surface area contributed by atoms with Gasteiger partial charge in [0.2, 0.25) is 0 Å². The van der Waals surface area contributed by atoms with Crippen LogP contribution in [0.3, 0.4) is 0 Å². The average Bonchev–Trinajstić information content (AvgIpc) is 1.53. The van der Waals surface area contributed by atoms with Gasteiger partial charge in [-0.05, 0) is 177 Å². The van der Waals surface area contributed by atoms with Crippen molar-refractivity contribution < 1.29 is 0 Å². The average molecular weight is 1070 g/mol. The van der Waals surface area contributed by atoms with E-state index in [-0.39, 0.29) is 33.8 Å². The summed E-state index contributed by atoms with van der Waals surface area (Å²) in [6, 6.07) is 63.6. The summed E-state index contributed by atoms with van der Waals surface area (Å²) in [5.74, 6) is 0.356. The summed E-state index contributed by atoms with van der Waals surface area (Å²) in [7, 11) is 0. The van der Waals surface area contributed by atoms with Crippen molar-refractivity contribution in [3.63, 3.8) is 0 Å². The Hall–Kier alpha value is -7.56. The highest BCUT2D eigenvalue weighted by Crippen LogP contribution is 2.63. The van der Waals surface area contributed by atoms with Gasteiger partial charge in [0.05, 0.1) is 27.7 Å². The molecular formula is C78H78BN3. The monoisotopic (exact) mass is 1070 g/mol. The van der Waals surface area contributed by atoms with Crippen LogP contribution < -0.4 is 21.3 Å². The molecule has 0 radical (unpaired) electrons. The maximum absolute atomic E-state index is 2.81. The third-order valence-corrected chi connectivity index (χ3v) is 19.8. The van der Waals surface area contributed by atoms with E-state index >= 15 is 0 Å². The third-order valence-electron chi connectivity index (χ3n) is 19.8. The molecule has 0 atom stereocenters. The van der Waals surface area contributed by atoms with Crippen molar-refractivity contribution >= 4 is 83.8 Å². The first-order chi connectivity index (χ1) is 38.7. The second-order valence-electron chi connectivity index (χ2n) is 30.5. The van der Waals surface area contributed by atoms with Gasteiger partial charge in [-0.25, -0.2) is 0 Å². The molecule has 1 aliphatic carbocycles. The van der Waals surface area contributed by atoms with Crippen LogP contribution in [0, 0.1) is 0 Å². The van der Waals surface area contributed by atoms with E-state index in [4.69, 9.17) is 0 Å². The Labute approximate surface area is 487 Å². The number of fused-ring (bicyclic) bond motifs is 14. The first-order valence-electron chi connectivity index (χ1n) is 30.4. The first-order valence-corrected chi connectivity index (χ1v) is 30.4. The lowest BCUT2D eigenvalue weighted by atomic mass is 9.33. The topological polar surface area (TPSA) is 13.1 Å². The number of anilines is 3. The predicted octanol–water partition coefficient (Wildman–Crippen LogP) is 18.8. The molecule has 3 aliphatic heterocycles. The van der Waals surface area contributed by atoms with Gasteiger partial charge in [-0.3, -0.25) is 0 Å². The van der Waals surface area contributed by atoms with Gasteiger partial charge in [-0.2, -0.15) is 0 Å². The maximum atomic E-state index is 2.81. The number of hydrogen-bond donors (Lipinski definition) is 0. The second kappa shape index (κ2) is 16.4. The van der Waals surface area contributed by atoms with Crippen LogP contribution in [0.5, 0.6) is 0 Å². The van der Waals surface area contributed by atoms with Crippen LogP contribution >= 0.6 is 0 Å². The van der Waals surface area contributed by atoms with E-state index in [1.54, 1.807) is 0 Å². The number of benzene rings is 9. The Morgan fingerprint density at radius 1 is 0.415 bits per heavy atom. The molecule has 0 N–H and O–H groups in total. The number of rotatable bonds is 4. The summed E-state index contributed by atoms with van der Waals surface area (Å²) in [5.41, 5.74) is 31.1. The van der Waals surface area contributed by atoms with Gasteiger partial charge in [0, 0.05) is 49.8 Å². The number of hydrogen-bond acceptors (Lipinski definition) is 1. The van der Waals surface area contributed by atoms with Crippen LogP contribution in [0.1, 0.15) is 179 Å². The number of nitrogens with zero attached hydrogens (tertiary/aromatic N) is 3. The molecule has 0 fully saturated rings. The van der Waals surface area contributed by atoms with Crippen LogP contribution in [-0.4, -0.2) is 15.8 Å². The minimum absolute atomic E-state index is 0.0279. The van der Waals surface area contributed by atoms with E-state index in [1.807, 2.05) is 0 Å². The predicted molar refractivity (Wildman–Crippen MR) is 353 cm³/mol. The second-order valence-corrected chi connectivity index (χ2v) is 30.5. The molecule has 3 nitrogen and oxygen atoms in total. The van der Waals surface area contributed by atoms with Gasteiger partial charge in [0.25, 0.3) is 6.71 Å². The van der Waals surface area contributed by atoms with Gasteiger partial charge >= 0.3 is 0 Å². The van der Waals surface area contributed by atoms with Crippen LogP contribution in [-0.2, 0) is 32.5 Å². The molecule has 0 saturated heterocycles. The molecule has 1 spiro atoms. The zero-order chi connectivity index (χ0) is 57.4. The smallest absolute Gasteiger partial charge is 0.252 e. The van der Waals surface area contributed by atoms with E-state index in [0.29, 0.717) is 5.92 Å². The minimum Gasteiger partial charge on any atom is -0.310 e. The zero-order valence-corrected chi connectivity index (χ0v) is 51.5. The van der Waals surface area contributed by atoms with Crippen molar-refractivity contribution in [2.75, 3.05) is 4.90 Å². The normalized spacial score (nSPS) is 14.8. The molecule has 11 aromatic rings. The van der Waals surface area contributed by atoms with E-state index in [2.05, 4.69) is 289 Å². The number of aromatic nitrogens is 2. The van der Waals surface area contributed by atoms with Gasteiger partial charge in [0.15, 0.2) is 0 Å². The van der Waals surface area contributed by atoms with Crippen molar-refractivity contribution in [2.24, 2.45) is 0 Å². The Bertz CT molecular complexity index is 4550. The third kappa shape index (κ3) is 6.79. The Balaban J connectivity index is 1.16. The van der Waals surface area contributed by atoms with Gasteiger partial charge in [-0.15, -0.1) is 0 Å². The molecule has 408 valence electrons. The van der Waals surface area contributed by atoms with Crippen LogP contribution in [0.15, 0.2) is 158 Å². The lowest BCUT2D eigenvalue weighted by Gasteiger charge is -2.45. The van der Waals surface area contributed by atoms with Gasteiger partial charge in [0.1, 0.15) is 0 Å². The summed E-state index contributed by atoms with van der Waals surface area (Å²) < 4.78 is 5.52. The molecule has 2 aromatic heterocycles. The summed E-state index contributed by atoms with van der Waals surface area (Å²) in [6.45, 7) is 40.4. The highest BCUT2D eigenvalue weighted by atomic mass is 15.2. The van der Waals surface area contributed by atoms with Gasteiger partial charge in [-0.1, -0.05) is 215 Å². The van der Waals surface area contributed by atoms with Crippen LogP contribution in [0.2, 0.25) is 0 Å². The molecule has 15 rings (SSSR count). The summed E-state index contributed by atoms with van der Waals surface area (Å²) in [6.07, 6.45) is 0. The quantitative estimate of drug-likeness (QED) is 0.160. The molecule has 5 heterocycles. The molecule has 4 heteroatoms. The van der Waals surface area contributed by atoms with E-state index in [1.165, 1.54) is 150 Å². The highest BCUT2D eigenvalue weighted by molar-refractivity contribution is 7.00. The van der Waals surface area contributed by atoms with E-state index in [0.717, 1.165) is 5.69 Å². The van der Waals surface area contributed by atoms with Crippen molar-refractivity contribution in [1.82, 2.24) is 9.13 Å². The molecule has 0 saturated carbocycles. The lowest BCUT2D eigenvalue weighted by molar-refractivity contribution is 0.583. The fourth-order valence-electron chi connectivity index (χ4n) is 15.3. The summed E-state index contributed by atoms with van der Waals surface area (Å²) in [4.78, 5) is 2.55. The Kier molecular flexibility index (Phi) is 10.2. The lowest BCUT2D eigenvalue weighted by Crippen LogP contribution is -2.60. The minimum atomic E-state index is -0.626. The first kappa shape index (κ1) is 51.3. The standard InChI is InChI=1S/C78H78BN3/c1-44(2)45-26-33-64-57(36-45)67-65(80(51-23-19-18-20-24-51)52-25-21-22-46(37-52)73(3,4)5)35-32-62-72(67)81(64)66-34-31-58-71-68(66)79(62)63-43-50(77(15,16)17)39-56-55-38-49(76(12,13)14)42-61(69(55)82(71)70(56)63)78(58)59-40-47(74(6,7)8)27-29-53(59)54-30-28-48(41-60(54)78)75(9,10)11/h18-44H,1-17H3. The molecule has 82 heavy (non-hydrogen) atoms. The van der Waals surface area contributed by atoms with Crippen LogP contribution in [0.4, 0.5) is 17.1 Å². The van der Waals surface area contributed by atoms with Crippen LogP contribution in [0.25, 0.3) is 66.1 Å². The molecule has 9 aromatic carbocycles. The largest absolute Gasteiger partial charge is 0.310 e. The number of para-hydroxylation sites is 1. The van der Waals surface area contributed by atoms with Crippen molar-refractivity contribution in [3.05, 3.63) is 213 Å². The zero-order valence-electron chi connectivity index (χ0n) is 51.5. The molecule has 0 bridgehead atoms. The SMILES string of the molecule is CC(C)c1ccc2c(c1)c1c(N(c3ccccc3)c3cccc(C(C)(C)C)c3)ccc3c1n2-c1ccc2c4c1B3c1cc(C(C)(C)C)cc3c5cc(C(C)(C)C)cc(c5n-4c13)C21c2cc(C(C)(C)C)ccc2-c2ccc(C(C)(C)C)cc21. The molecule has 0 unspecified atom stereocenters. The Morgan fingerprint density at radius 3 is 1.60 bits per heavy atom. The highest BCUT2D eigenvalue weighted by Gasteiger charge is 2.55. The summed E-state index contributed by atoms with van der Waals surface area (Å²) >= 11 is 0. The Morgan fingerprint density at radius 2 is 0.988 bits per heavy atom. The molecule has 0 amide bonds. The van der Waals surface area contributed by atoms with Gasteiger partial charge < -0.3 is 14.0 Å². The van der Waals surface area contributed by atoms with Crippen molar-refractivity contribution in [3.8, 4) is 22.5 Å². The summed E-state index contributed by atoms with van der Waals surface area (Å²) in [5, 5.41) is 5.32. The van der Waals surface area contributed by atoms with E-state index in [9.17, 15) is 0 Å². The molecular weight excluding hydrogens is 990 g/mol. The fourth-order valence-corrected chi connectivity index (χ4v) is 15.3. The van der Waals surface area contributed by atoms with E-state index < -0.39 is 5.41 Å². The maximum Gasteiger partial charge on any atom is 0.252 e.